The van der Waals surface area contributed by atoms with E-state index in [1.165, 1.54) is 24.0 Å². The average Bonchev–Trinajstić information content (AvgIpc) is 3.33. The smallest absolute Gasteiger partial charge is 0.250 e. The summed E-state index contributed by atoms with van der Waals surface area (Å²) in [6.07, 6.45) is 1.27. The number of ether oxygens (including phenoxy) is 1. The first-order chi connectivity index (χ1) is 17.6. The van der Waals surface area contributed by atoms with Crippen LogP contribution in [-0.2, 0) is 4.79 Å². The van der Waals surface area contributed by atoms with Crippen molar-refractivity contribution >= 4 is 29.9 Å². The van der Waals surface area contributed by atoms with Crippen molar-refractivity contribution in [1.82, 2.24) is 20.2 Å². The fraction of sp³-hybridized carbons (Fsp3) is 0.115. The molecule has 0 aliphatic rings. The summed E-state index contributed by atoms with van der Waals surface area (Å²) in [5.41, 5.74) is 4.43. The first kappa shape index (κ1) is 24.7. The summed E-state index contributed by atoms with van der Waals surface area (Å²) in [6.45, 7) is 2.49. The van der Waals surface area contributed by atoms with Gasteiger partial charge in [0.1, 0.15) is 5.75 Å². The van der Waals surface area contributed by atoms with Gasteiger partial charge >= 0.3 is 0 Å². The molecule has 0 bridgehead atoms. The molecule has 0 radical (unpaired) electrons. The summed E-state index contributed by atoms with van der Waals surface area (Å²) in [7, 11) is 0. The number of thioether (sulfide) groups is 1. The summed E-state index contributed by atoms with van der Waals surface area (Å²) >= 11 is 1.20. The summed E-state index contributed by atoms with van der Waals surface area (Å²) in [4.78, 5) is 23.6. The zero-order valence-electron chi connectivity index (χ0n) is 19.3. The number of carbonyl (C=O) groups excluding carboxylic acids is 2. The van der Waals surface area contributed by atoms with Gasteiger partial charge in [0.05, 0.1) is 24.5 Å². The minimum absolute atomic E-state index is 0.0122. The number of hydrogen-bond donors (Lipinski definition) is 1. The van der Waals surface area contributed by atoms with E-state index in [1.807, 2.05) is 66.1 Å². The van der Waals surface area contributed by atoms with Crippen LogP contribution in [0.5, 0.6) is 5.75 Å². The first-order valence-electron chi connectivity index (χ1n) is 11.1. The van der Waals surface area contributed by atoms with E-state index in [2.05, 4.69) is 20.7 Å². The summed E-state index contributed by atoms with van der Waals surface area (Å²) < 4.78 is 7.42. The Balaban J connectivity index is 1.50. The Hall–Kier alpha value is -4.44. The summed E-state index contributed by atoms with van der Waals surface area (Å²) in [5, 5.41) is 24.3. The number of carbonyl (C=O) groups is 2. The maximum Gasteiger partial charge on any atom is 0.250 e. The highest BCUT2D eigenvalue weighted by atomic mass is 32.2. The van der Waals surface area contributed by atoms with Crippen molar-refractivity contribution in [2.45, 2.75) is 12.1 Å². The van der Waals surface area contributed by atoms with E-state index < -0.39 is 5.97 Å². The monoisotopic (exact) mass is 500 g/mol. The van der Waals surface area contributed by atoms with Gasteiger partial charge in [-0.05, 0) is 31.2 Å². The third-order valence-electron chi connectivity index (χ3n) is 4.98. The zero-order valence-corrected chi connectivity index (χ0v) is 20.1. The number of amides is 1. The molecular weight excluding hydrogens is 478 g/mol. The van der Waals surface area contributed by atoms with Gasteiger partial charge in [0.2, 0.25) is 0 Å². The highest BCUT2D eigenvalue weighted by Crippen LogP contribution is 2.28. The van der Waals surface area contributed by atoms with E-state index in [-0.39, 0.29) is 17.2 Å². The molecule has 9 nitrogen and oxygen atoms in total. The Labute approximate surface area is 211 Å². The molecule has 4 rings (SSSR count). The lowest BCUT2D eigenvalue weighted by Gasteiger charge is -2.11. The second kappa shape index (κ2) is 11.8. The second-order valence-corrected chi connectivity index (χ2v) is 8.33. The van der Waals surface area contributed by atoms with Gasteiger partial charge in [0.25, 0.3) is 5.91 Å². The number of hydrazone groups is 1. The van der Waals surface area contributed by atoms with Crippen LogP contribution in [0, 0.1) is 0 Å². The van der Waals surface area contributed by atoms with Gasteiger partial charge in [-0.1, -0.05) is 66.4 Å². The Kier molecular flexibility index (Phi) is 8.09. The third-order valence-corrected chi connectivity index (χ3v) is 5.91. The highest BCUT2D eigenvalue weighted by molar-refractivity contribution is 7.99. The molecule has 0 saturated heterocycles. The standard InChI is InChI=1S/C26H23N5O4S/c1-2-35-21-14-12-20(13-15-21)31-24(18-8-4-3-5-9-18)29-30-26(31)36-17-23(32)28-27-16-19-10-6-7-11-22(19)25(33)34/h3-16H,2,17H2,1H3,(H,28,32)(H,33,34)/p-1/b27-16-. The molecule has 1 amide bonds. The lowest BCUT2D eigenvalue weighted by Crippen LogP contribution is -2.24. The van der Waals surface area contributed by atoms with Crippen LogP contribution < -0.4 is 15.3 Å². The molecule has 1 heterocycles. The molecule has 4 aromatic rings. The average molecular weight is 501 g/mol. The maximum absolute atomic E-state index is 12.4. The first-order valence-corrected chi connectivity index (χ1v) is 12.0. The van der Waals surface area contributed by atoms with Crippen LogP contribution in [0.25, 0.3) is 17.1 Å². The molecule has 1 N–H and O–H groups in total. The molecule has 3 aromatic carbocycles. The van der Waals surface area contributed by atoms with Crippen LogP contribution in [0.3, 0.4) is 0 Å². The highest BCUT2D eigenvalue weighted by Gasteiger charge is 2.17. The molecule has 1 aromatic heterocycles. The number of nitrogens with one attached hydrogen (secondary N) is 1. The molecule has 36 heavy (non-hydrogen) atoms. The van der Waals surface area contributed by atoms with Crippen molar-refractivity contribution in [1.29, 1.82) is 0 Å². The van der Waals surface area contributed by atoms with Crippen molar-refractivity contribution in [2.75, 3.05) is 12.4 Å². The van der Waals surface area contributed by atoms with E-state index in [0.717, 1.165) is 17.0 Å². The molecule has 0 aliphatic heterocycles. The van der Waals surface area contributed by atoms with Crippen LogP contribution in [0.4, 0.5) is 0 Å². The molecule has 0 saturated carbocycles. The largest absolute Gasteiger partial charge is 0.545 e. The van der Waals surface area contributed by atoms with E-state index in [1.54, 1.807) is 18.2 Å². The normalized spacial score (nSPS) is 10.9. The summed E-state index contributed by atoms with van der Waals surface area (Å²) in [5.74, 6) is -0.294. The molecule has 0 fully saturated rings. The lowest BCUT2D eigenvalue weighted by molar-refractivity contribution is -0.255. The minimum Gasteiger partial charge on any atom is -0.545 e. The Morgan fingerprint density at radius 3 is 2.47 bits per heavy atom. The van der Waals surface area contributed by atoms with Gasteiger partial charge < -0.3 is 14.6 Å². The number of carboxylic acid groups (broad SMARTS) is 1. The van der Waals surface area contributed by atoms with E-state index in [4.69, 9.17) is 4.74 Å². The number of rotatable bonds is 10. The van der Waals surface area contributed by atoms with Gasteiger partial charge in [-0.2, -0.15) is 5.10 Å². The summed E-state index contributed by atoms with van der Waals surface area (Å²) in [6, 6.07) is 23.4. The topological polar surface area (TPSA) is 122 Å². The van der Waals surface area contributed by atoms with Crippen molar-refractivity contribution in [2.24, 2.45) is 5.10 Å². The van der Waals surface area contributed by atoms with Gasteiger partial charge in [-0.25, -0.2) is 5.43 Å². The minimum atomic E-state index is -1.32. The number of aromatic carboxylic acids is 1. The molecule has 182 valence electrons. The van der Waals surface area contributed by atoms with Crippen LogP contribution in [0.15, 0.2) is 89.1 Å². The van der Waals surface area contributed by atoms with E-state index in [9.17, 15) is 14.7 Å². The number of aromatic nitrogens is 3. The number of carboxylic acids is 1. The fourth-order valence-electron chi connectivity index (χ4n) is 3.36. The van der Waals surface area contributed by atoms with Crippen LogP contribution in [0.2, 0.25) is 0 Å². The van der Waals surface area contributed by atoms with Crippen molar-refractivity contribution in [3.05, 3.63) is 90.0 Å². The lowest BCUT2D eigenvalue weighted by atomic mass is 10.1. The Bertz CT molecular complexity index is 1370. The van der Waals surface area contributed by atoms with Crippen LogP contribution >= 0.6 is 11.8 Å². The van der Waals surface area contributed by atoms with Gasteiger partial charge in [0, 0.05) is 22.4 Å². The molecule has 0 atom stereocenters. The van der Waals surface area contributed by atoms with Crippen molar-refractivity contribution in [3.63, 3.8) is 0 Å². The quantitative estimate of drug-likeness (QED) is 0.202. The number of nitrogens with zero attached hydrogens (tertiary/aromatic N) is 4. The molecule has 0 unspecified atom stereocenters. The fourth-order valence-corrected chi connectivity index (χ4v) is 4.10. The van der Waals surface area contributed by atoms with Gasteiger partial charge in [0.15, 0.2) is 11.0 Å². The van der Waals surface area contributed by atoms with Crippen LogP contribution in [-0.4, -0.2) is 45.2 Å². The zero-order chi connectivity index (χ0) is 25.3. The van der Waals surface area contributed by atoms with Gasteiger partial charge in [-0.15, -0.1) is 10.2 Å². The third kappa shape index (κ3) is 5.97. The Morgan fingerprint density at radius 1 is 1.03 bits per heavy atom. The SMILES string of the molecule is CCOc1ccc(-n2c(SCC(=O)N/N=C\c3ccccc3C(=O)[O-])nnc2-c2ccccc2)cc1. The molecular formula is C26H22N5O4S-. The van der Waals surface area contributed by atoms with E-state index >= 15 is 0 Å². The molecule has 0 aliphatic carbocycles. The van der Waals surface area contributed by atoms with E-state index in [0.29, 0.717) is 23.2 Å². The number of hydrogen-bond acceptors (Lipinski definition) is 8. The molecule has 10 heteroatoms. The van der Waals surface area contributed by atoms with Crippen molar-refractivity contribution < 1.29 is 19.4 Å². The predicted octanol–water partition coefficient (Wildman–Crippen LogP) is 2.94. The Morgan fingerprint density at radius 2 is 1.75 bits per heavy atom. The van der Waals surface area contributed by atoms with Crippen molar-refractivity contribution in [3.8, 4) is 22.8 Å². The number of benzene rings is 3. The molecule has 0 spiro atoms. The predicted molar refractivity (Wildman–Crippen MR) is 135 cm³/mol. The van der Waals surface area contributed by atoms with Gasteiger partial charge in [-0.3, -0.25) is 9.36 Å². The maximum atomic E-state index is 12.4. The van der Waals surface area contributed by atoms with Crippen LogP contribution in [0.1, 0.15) is 22.8 Å². The second-order valence-electron chi connectivity index (χ2n) is 7.39.